The molecule has 0 bridgehead atoms. The molecule has 104 valence electrons. The van der Waals surface area contributed by atoms with Gasteiger partial charge in [-0.15, -0.1) is 0 Å². The van der Waals surface area contributed by atoms with Crippen LogP contribution in [0.5, 0.6) is 0 Å². The molecule has 0 N–H and O–H groups in total. The van der Waals surface area contributed by atoms with Gasteiger partial charge >= 0.3 is 0 Å². The SMILES string of the molecule is CCCCCCCC[n+]1ccccc1.O=[SH](=O)[O-]. The second-order valence-electron chi connectivity index (χ2n) is 4.10. The van der Waals surface area contributed by atoms with Crippen molar-refractivity contribution < 1.29 is 17.5 Å². The molecule has 0 saturated heterocycles. The monoisotopic (exact) mass is 273 g/mol. The molecule has 4 nitrogen and oxygen atoms in total. The molecule has 18 heavy (non-hydrogen) atoms. The summed E-state index contributed by atoms with van der Waals surface area (Å²) in [5, 5.41) is 0. The van der Waals surface area contributed by atoms with E-state index in [9.17, 15) is 0 Å². The third-order valence-electron chi connectivity index (χ3n) is 2.55. The summed E-state index contributed by atoms with van der Waals surface area (Å²) in [6.45, 7) is 3.44. The standard InChI is InChI=1S/C13H22N.H2O3S/c1-2-3-4-5-6-8-11-14-12-9-7-10-13-14;1-4(2)3/h7,9-10,12-13H,2-6,8,11H2,1H3;4H,(H,1,2,3)/q+1;/p-1. The molecule has 0 aromatic carbocycles. The fraction of sp³-hybridized carbons (Fsp3) is 0.615. The van der Waals surface area contributed by atoms with Crippen LogP contribution in [0, 0.1) is 0 Å². The molecular formula is C13H23NO3S. The maximum absolute atomic E-state index is 8.48. The van der Waals surface area contributed by atoms with Gasteiger partial charge in [0.15, 0.2) is 12.4 Å². The minimum Gasteiger partial charge on any atom is -0.750 e. The van der Waals surface area contributed by atoms with Gasteiger partial charge in [-0.3, -0.25) is 0 Å². The van der Waals surface area contributed by atoms with Crippen LogP contribution in [0.1, 0.15) is 45.4 Å². The van der Waals surface area contributed by atoms with Crippen molar-refractivity contribution in [2.24, 2.45) is 0 Å². The summed E-state index contributed by atoms with van der Waals surface area (Å²) in [4.78, 5) is 0. The van der Waals surface area contributed by atoms with Crippen LogP contribution in [-0.2, 0) is 17.5 Å². The molecule has 0 spiro atoms. The number of thiol groups is 1. The summed E-state index contributed by atoms with van der Waals surface area (Å²) in [6.07, 6.45) is 12.5. The number of hydrogen-bond donors (Lipinski definition) is 1. The van der Waals surface area contributed by atoms with Gasteiger partial charge < -0.3 is 4.55 Å². The molecule has 0 unspecified atom stereocenters. The Labute approximate surface area is 111 Å². The van der Waals surface area contributed by atoms with Gasteiger partial charge in [0.25, 0.3) is 0 Å². The molecule has 1 aromatic heterocycles. The van der Waals surface area contributed by atoms with Crippen molar-refractivity contribution in [3.63, 3.8) is 0 Å². The minimum absolute atomic E-state index is 1.17. The minimum atomic E-state index is -3.37. The van der Waals surface area contributed by atoms with Crippen molar-refractivity contribution in [1.82, 2.24) is 0 Å². The van der Waals surface area contributed by atoms with E-state index < -0.39 is 11.0 Å². The Morgan fingerprint density at radius 2 is 1.44 bits per heavy atom. The van der Waals surface area contributed by atoms with E-state index in [0.717, 1.165) is 0 Å². The Morgan fingerprint density at radius 1 is 0.944 bits per heavy atom. The lowest BCUT2D eigenvalue weighted by atomic mass is 10.1. The third kappa shape index (κ3) is 13.1. The maximum Gasteiger partial charge on any atom is 0.168 e. The number of unbranched alkanes of at least 4 members (excludes halogenated alkanes) is 5. The Bertz CT molecular complexity index is 345. The summed E-state index contributed by atoms with van der Waals surface area (Å²) < 4.78 is 27.7. The number of pyridine rings is 1. The third-order valence-corrected chi connectivity index (χ3v) is 2.55. The number of aromatic nitrogens is 1. The first-order valence-electron chi connectivity index (χ1n) is 6.42. The van der Waals surface area contributed by atoms with E-state index in [1.807, 2.05) is 0 Å². The molecule has 0 aliphatic heterocycles. The van der Waals surface area contributed by atoms with Gasteiger partial charge in [0.2, 0.25) is 0 Å². The van der Waals surface area contributed by atoms with Crippen molar-refractivity contribution in [2.75, 3.05) is 0 Å². The first kappa shape index (κ1) is 17.1. The number of rotatable bonds is 7. The van der Waals surface area contributed by atoms with Crippen molar-refractivity contribution in [3.8, 4) is 0 Å². The van der Waals surface area contributed by atoms with Crippen LogP contribution in [0.3, 0.4) is 0 Å². The van der Waals surface area contributed by atoms with Crippen LogP contribution in [-0.4, -0.2) is 13.0 Å². The topological polar surface area (TPSA) is 61.1 Å². The maximum atomic E-state index is 8.48. The first-order chi connectivity index (χ1) is 8.66. The zero-order valence-corrected chi connectivity index (χ0v) is 11.9. The number of nitrogens with zero attached hydrogens (tertiary/aromatic N) is 1. The normalized spacial score (nSPS) is 9.94. The molecule has 0 atom stereocenters. The van der Waals surface area contributed by atoms with Gasteiger partial charge in [-0.2, -0.15) is 0 Å². The number of aryl methyl sites for hydroxylation is 1. The van der Waals surface area contributed by atoms with Gasteiger partial charge in [-0.25, -0.2) is 13.0 Å². The average molecular weight is 273 g/mol. The Morgan fingerprint density at radius 3 is 2.00 bits per heavy atom. The van der Waals surface area contributed by atoms with Gasteiger partial charge in [0, 0.05) is 18.6 Å². The highest BCUT2D eigenvalue weighted by Gasteiger charge is 1.96. The van der Waals surface area contributed by atoms with Crippen LogP contribution in [0.25, 0.3) is 0 Å². The molecular weight excluding hydrogens is 250 g/mol. The van der Waals surface area contributed by atoms with E-state index in [1.165, 1.54) is 45.1 Å². The van der Waals surface area contributed by atoms with Crippen LogP contribution in [0.15, 0.2) is 30.6 Å². The lowest BCUT2D eigenvalue weighted by Gasteiger charge is -1.98. The largest absolute Gasteiger partial charge is 0.750 e. The molecule has 1 aromatic rings. The zero-order chi connectivity index (χ0) is 13.6. The van der Waals surface area contributed by atoms with E-state index >= 15 is 0 Å². The Hall–Kier alpha value is -0.940. The van der Waals surface area contributed by atoms with Crippen LogP contribution in [0.2, 0.25) is 0 Å². The van der Waals surface area contributed by atoms with E-state index in [4.69, 9.17) is 13.0 Å². The predicted octanol–water partition coefficient (Wildman–Crippen LogP) is 2.06. The van der Waals surface area contributed by atoms with Crippen molar-refractivity contribution >= 4 is 11.0 Å². The average Bonchev–Trinajstić information content (AvgIpc) is 2.34. The van der Waals surface area contributed by atoms with E-state index in [2.05, 4.69) is 42.1 Å². The summed E-state index contributed by atoms with van der Waals surface area (Å²) in [7, 11) is -3.37. The molecule has 0 saturated carbocycles. The van der Waals surface area contributed by atoms with Gasteiger partial charge in [0.1, 0.15) is 6.54 Å². The molecule has 0 aliphatic rings. The molecule has 0 radical (unpaired) electrons. The van der Waals surface area contributed by atoms with Crippen molar-refractivity contribution in [1.29, 1.82) is 0 Å². The first-order valence-corrected chi connectivity index (χ1v) is 7.52. The van der Waals surface area contributed by atoms with Gasteiger partial charge in [0.05, 0.1) is 11.0 Å². The highest BCUT2D eigenvalue weighted by atomic mass is 32.2. The quantitative estimate of drug-likeness (QED) is 0.358. The highest BCUT2D eigenvalue weighted by molar-refractivity contribution is 7.66. The van der Waals surface area contributed by atoms with Gasteiger partial charge in [-0.05, 0) is 6.42 Å². The van der Waals surface area contributed by atoms with E-state index in [-0.39, 0.29) is 0 Å². The van der Waals surface area contributed by atoms with Crippen LogP contribution >= 0.6 is 0 Å². The van der Waals surface area contributed by atoms with Crippen LogP contribution in [0.4, 0.5) is 0 Å². The summed E-state index contributed by atoms with van der Waals surface area (Å²) in [6, 6.07) is 6.26. The van der Waals surface area contributed by atoms with Crippen molar-refractivity contribution in [2.45, 2.75) is 52.0 Å². The van der Waals surface area contributed by atoms with Gasteiger partial charge in [-0.1, -0.05) is 38.7 Å². The molecule has 1 rings (SSSR count). The summed E-state index contributed by atoms with van der Waals surface area (Å²) >= 11 is 0. The van der Waals surface area contributed by atoms with Crippen LogP contribution < -0.4 is 4.57 Å². The second-order valence-corrected chi connectivity index (χ2v) is 4.55. The lowest BCUT2D eigenvalue weighted by molar-refractivity contribution is -0.697. The second kappa shape index (κ2) is 12.5. The molecule has 1 heterocycles. The summed E-state index contributed by atoms with van der Waals surface area (Å²) in [5.74, 6) is 0. The van der Waals surface area contributed by atoms with E-state index in [1.54, 1.807) is 0 Å². The molecule has 0 fully saturated rings. The highest BCUT2D eigenvalue weighted by Crippen LogP contribution is 2.04. The Balaban J connectivity index is 0.000000631. The molecule has 5 heteroatoms. The summed E-state index contributed by atoms with van der Waals surface area (Å²) in [5.41, 5.74) is 0. The molecule has 0 aliphatic carbocycles. The molecule has 0 amide bonds. The van der Waals surface area contributed by atoms with E-state index in [0.29, 0.717) is 0 Å². The Kier molecular flexibility index (Phi) is 11.9. The lowest BCUT2D eigenvalue weighted by Crippen LogP contribution is -2.32. The predicted molar refractivity (Wildman–Crippen MR) is 71.1 cm³/mol. The fourth-order valence-electron chi connectivity index (χ4n) is 1.66. The van der Waals surface area contributed by atoms with Crippen molar-refractivity contribution in [3.05, 3.63) is 30.6 Å². The zero-order valence-electron chi connectivity index (χ0n) is 11.0. The fourth-order valence-corrected chi connectivity index (χ4v) is 1.66. The number of hydrogen-bond acceptors (Lipinski definition) is 3. The smallest absolute Gasteiger partial charge is 0.168 e.